The third-order valence-corrected chi connectivity index (χ3v) is 3.59. The van der Waals surface area contributed by atoms with Crippen molar-refractivity contribution in [3.63, 3.8) is 0 Å². The Morgan fingerprint density at radius 3 is 2.76 bits per heavy atom. The second-order valence-corrected chi connectivity index (χ2v) is 5.33. The predicted octanol–water partition coefficient (Wildman–Crippen LogP) is 3.69. The summed E-state index contributed by atoms with van der Waals surface area (Å²) >= 11 is 4.43. The lowest BCUT2D eigenvalue weighted by molar-refractivity contribution is 0.569. The summed E-state index contributed by atoms with van der Waals surface area (Å²) in [6, 6.07) is 2.22. The minimum Gasteiger partial charge on any atom is -0.379 e. The highest BCUT2D eigenvalue weighted by Crippen LogP contribution is 2.20. The van der Waals surface area contributed by atoms with Crippen molar-refractivity contribution in [2.45, 2.75) is 19.9 Å². The van der Waals surface area contributed by atoms with Gasteiger partial charge in [0.05, 0.1) is 11.0 Å². The van der Waals surface area contributed by atoms with Gasteiger partial charge in [-0.05, 0) is 28.4 Å². The van der Waals surface area contributed by atoms with Gasteiger partial charge in [0.15, 0.2) is 5.17 Å². The first-order valence-corrected chi connectivity index (χ1v) is 6.88. The zero-order valence-electron chi connectivity index (χ0n) is 9.34. The topological polar surface area (TPSA) is 38.4 Å². The molecule has 0 spiro atoms. The van der Waals surface area contributed by atoms with Gasteiger partial charge in [0.25, 0.3) is 0 Å². The van der Waals surface area contributed by atoms with Crippen molar-refractivity contribution in [3.05, 3.63) is 33.8 Å². The van der Waals surface area contributed by atoms with Crippen LogP contribution in [0.1, 0.15) is 18.9 Å². The molecule has 2 N–H and O–H groups in total. The van der Waals surface area contributed by atoms with Gasteiger partial charge in [-0.3, -0.25) is 4.99 Å². The van der Waals surface area contributed by atoms with Crippen LogP contribution in [0, 0.1) is 11.6 Å². The maximum absolute atomic E-state index is 13.4. The van der Waals surface area contributed by atoms with Crippen molar-refractivity contribution < 1.29 is 8.78 Å². The van der Waals surface area contributed by atoms with Crippen molar-refractivity contribution in [2.24, 2.45) is 10.7 Å². The number of thioether (sulfide) groups is 1. The summed E-state index contributed by atoms with van der Waals surface area (Å²) in [4.78, 5) is 4.04. The van der Waals surface area contributed by atoms with Crippen LogP contribution in [0.4, 0.5) is 8.78 Å². The Labute approximate surface area is 112 Å². The van der Waals surface area contributed by atoms with Gasteiger partial charge >= 0.3 is 0 Å². The second-order valence-electron chi connectivity index (χ2n) is 3.36. The van der Waals surface area contributed by atoms with Crippen LogP contribution in [0.25, 0.3) is 0 Å². The molecule has 1 rings (SSSR count). The molecule has 0 amide bonds. The molecule has 1 aromatic rings. The first-order chi connectivity index (χ1) is 8.04. The predicted molar refractivity (Wildman–Crippen MR) is 72.1 cm³/mol. The Morgan fingerprint density at radius 1 is 1.41 bits per heavy atom. The van der Waals surface area contributed by atoms with E-state index in [0.29, 0.717) is 10.7 Å². The lowest BCUT2D eigenvalue weighted by Crippen LogP contribution is -2.08. The first kappa shape index (κ1) is 14.4. The Morgan fingerprint density at radius 2 is 2.12 bits per heavy atom. The van der Waals surface area contributed by atoms with Crippen LogP contribution in [0.3, 0.4) is 0 Å². The quantitative estimate of drug-likeness (QED) is 0.521. The molecule has 94 valence electrons. The first-order valence-electron chi connectivity index (χ1n) is 5.10. The minimum absolute atomic E-state index is 0.118. The highest BCUT2D eigenvalue weighted by atomic mass is 79.9. The summed E-state index contributed by atoms with van der Waals surface area (Å²) in [5, 5.41) is 0.423. The average molecular weight is 323 g/mol. The third kappa shape index (κ3) is 4.63. The van der Waals surface area contributed by atoms with Crippen LogP contribution in [0.2, 0.25) is 0 Å². The zero-order valence-corrected chi connectivity index (χ0v) is 11.7. The number of rotatable bonds is 4. The van der Waals surface area contributed by atoms with Crippen molar-refractivity contribution in [2.75, 3.05) is 5.75 Å². The van der Waals surface area contributed by atoms with Gasteiger partial charge in [0, 0.05) is 17.4 Å². The molecule has 0 aliphatic carbocycles. The van der Waals surface area contributed by atoms with Crippen LogP contribution in [-0.2, 0) is 6.54 Å². The Balaban J connectivity index is 2.72. The van der Waals surface area contributed by atoms with Gasteiger partial charge in [-0.15, -0.1) is 0 Å². The third-order valence-electron chi connectivity index (χ3n) is 1.95. The maximum atomic E-state index is 13.4. The molecular weight excluding hydrogens is 310 g/mol. The van der Waals surface area contributed by atoms with Crippen molar-refractivity contribution in [3.8, 4) is 0 Å². The van der Waals surface area contributed by atoms with E-state index in [-0.39, 0.29) is 11.0 Å². The highest BCUT2D eigenvalue weighted by Gasteiger charge is 2.07. The van der Waals surface area contributed by atoms with Gasteiger partial charge < -0.3 is 5.73 Å². The normalized spacial score (nSPS) is 11.9. The maximum Gasteiger partial charge on any atom is 0.154 e. The van der Waals surface area contributed by atoms with Gasteiger partial charge in [-0.1, -0.05) is 18.7 Å². The lowest BCUT2D eigenvalue weighted by Gasteiger charge is -2.03. The Bertz CT molecular complexity index is 424. The molecule has 0 fully saturated rings. The number of benzene rings is 1. The number of aliphatic imine (C=N–C) groups is 1. The van der Waals surface area contributed by atoms with Crippen LogP contribution < -0.4 is 5.73 Å². The zero-order chi connectivity index (χ0) is 12.8. The van der Waals surface area contributed by atoms with Gasteiger partial charge in [-0.2, -0.15) is 0 Å². The number of hydrogen-bond donors (Lipinski definition) is 1. The van der Waals surface area contributed by atoms with Crippen LogP contribution >= 0.6 is 27.7 Å². The smallest absolute Gasteiger partial charge is 0.154 e. The molecule has 6 heteroatoms. The van der Waals surface area contributed by atoms with Crippen molar-refractivity contribution >= 4 is 32.9 Å². The highest BCUT2D eigenvalue weighted by molar-refractivity contribution is 9.10. The van der Waals surface area contributed by atoms with Crippen LogP contribution in [-0.4, -0.2) is 10.9 Å². The largest absolute Gasteiger partial charge is 0.379 e. The number of nitrogens with zero attached hydrogens (tertiary/aromatic N) is 1. The molecule has 2 nitrogen and oxygen atoms in total. The molecule has 0 saturated heterocycles. The van der Waals surface area contributed by atoms with E-state index in [9.17, 15) is 8.78 Å². The van der Waals surface area contributed by atoms with E-state index < -0.39 is 11.6 Å². The lowest BCUT2D eigenvalue weighted by atomic mass is 10.2. The molecule has 0 aliphatic rings. The van der Waals surface area contributed by atoms with E-state index in [1.54, 1.807) is 0 Å². The number of halogens is 3. The Hall–Kier alpha value is -0.620. The summed E-state index contributed by atoms with van der Waals surface area (Å²) in [7, 11) is 0. The summed E-state index contributed by atoms with van der Waals surface area (Å²) < 4.78 is 26.6. The molecule has 0 aliphatic heterocycles. The number of amidine groups is 1. The SMILES string of the molecule is CCCSC(N)=NCc1cc(Br)c(F)cc1F. The summed E-state index contributed by atoms with van der Waals surface area (Å²) in [5.74, 6) is -0.350. The fraction of sp³-hybridized carbons (Fsp3) is 0.364. The van der Waals surface area contributed by atoms with Gasteiger partial charge in [0.1, 0.15) is 11.6 Å². The molecule has 0 radical (unpaired) electrons. The molecule has 1 aromatic carbocycles. The fourth-order valence-corrected chi connectivity index (χ4v) is 2.06. The van der Waals surface area contributed by atoms with E-state index in [1.807, 2.05) is 6.92 Å². The molecule has 0 bridgehead atoms. The number of nitrogens with two attached hydrogens (primary N) is 1. The van der Waals surface area contributed by atoms with E-state index in [2.05, 4.69) is 20.9 Å². The standard InChI is InChI=1S/C11H13BrF2N2S/c1-2-3-17-11(15)16-6-7-4-8(12)10(14)5-9(7)13/h4-5H,2-3,6H2,1H3,(H2,15,16). The molecule has 0 aromatic heterocycles. The number of hydrogen-bond acceptors (Lipinski definition) is 2. The average Bonchev–Trinajstić information content (AvgIpc) is 2.29. The van der Waals surface area contributed by atoms with Crippen LogP contribution in [0.5, 0.6) is 0 Å². The fourth-order valence-electron chi connectivity index (χ4n) is 1.10. The van der Waals surface area contributed by atoms with E-state index in [4.69, 9.17) is 5.73 Å². The summed E-state index contributed by atoms with van der Waals surface area (Å²) in [6.07, 6.45) is 0.997. The van der Waals surface area contributed by atoms with Crippen molar-refractivity contribution in [1.29, 1.82) is 0 Å². The molecule has 17 heavy (non-hydrogen) atoms. The molecular formula is C11H13BrF2N2S. The van der Waals surface area contributed by atoms with Crippen LogP contribution in [0.15, 0.2) is 21.6 Å². The van der Waals surface area contributed by atoms with Gasteiger partial charge in [0.2, 0.25) is 0 Å². The monoisotopic (exact) mass is 322 g/mol. The molecule has 0 heterocycles. The van der Waals surface area contributed by atoms with Gasteiger partial charge in [-0.25, -0.2) is 8.78 Å². The Kier molecular flexibility index (Phi) is 5.91. The van der Waals surface area contributed by atoms with E-state index in [0.717, 1.165) is 18.2 Å². The second kappa shape index (κ2) is 6.96. The molecule has 0 atom stereocenters. The minimum atomic E-state index is -0.622. The van der Waals surface area contributed by atoms with E-state index >= 15 is 0 Å². The summed E-state index contributed by atoms with van der Waals surface area (Å²) in [5.41, 5.74) is 5.95. The molecule has 0 saturated carbocycles. The molecule has 0 unspecified atom stereocenters. The van der Waals surface area contributed by atoms with Crippen molar-refractivity contribution in [1.82, 2.24) is 0 Å². The van der Waals surface area contributed by atoms with E-state index in [1.165, 1.54) is 17.8 Å². The summed E-state index contributed by atoms with van der Waals surface area (Å²) in [6.45, 7) is 2.16.